The van der Waals surface area contributed by atoms with Crippen molar-refractivity contribution >= 4 is 0 Å². The minimum absolute atomic E-state index is 0.0996. The smallest absolute Gasteiger partial charge is 0.119 e. The van der Waals surface area contributed by atoms with Gasteiger partial charge < -0.3 is 15.6 Å². The number of rotatable bonds is 6. The summed E-state index contributed by atoms with van der Waals surface area (Å²) in [5.41, 5.74) is 6.57. The number of aliphatic hydroxyl groups excluding tert-OH is 1. The van der Waals surface area contributed by atoms with Gasteiger partial charge in [-0.1, -0.05) is 19.1 Å². The van der Waals surface area contributed by atoms with Gasteiger partial charge in [0.05, 0.1) is 6.61 Å². The molecule has 0 saturated carbocycles. The third-order valence-electron chi connectivity index (χ3n) is 2.71. The van der Waals surface area contributed by atoms with Crippen LogP contribution in [-0.2, 0) is 6.42 Å². The molecule has 0 aliphatic heterocycles. The number of hydrogen-bond donors (Lipinski definition) is 2. The Morgan fingerprint density at radius 3 is 2.75 bits per heavy atom. The molecule has 0 saturated heterocycles. The summed E-state index contributed by atoms with van der Waals surface area (Å²) in [7, 11) is 0. The molecular formula is C13H21NO2. The Labute approximate surface area is 97.2 Å². The predicted octanol–water partition coefficient (Wildman–Crippen LogP) is 1.59. The number of hydrogen-bond acceptors (Lipinski definition) is 3. The van der Waals surface area contributed by atoms with Crippen molar-refractivity contribution in [2.45, 2.75) is 20.3 Å². The van der Waals surface area contributed by atoms with Crippen LogP contribution < -0.4 is 10.5 Å². The summed E-state index contributed by atoms with van der Waals surface area (Å²) in [5, 5.41) is 9.31. The summed E-state index contributed by atoms with van der Waals surface area (Å²) in [6, 6.07) is 7.94. The summed E-state index contributed by atoms with van der Waals surface area (Å²) >= 11 is 0. The Kier molecular flexibility index (Phi) is 4.77. The quantitative estimate of drug-likeness (QED) is 0.770. The van der Waals surface area contributed by atoms with Crippen molar-refractivity contribution < 1.29 is 9.84 Å². The van der Waals surface area contributed by atoms with Gasteiger partial charge in [0.25, 0.3) is 0 Å². The van der Waals surface area contributed by atoms with Crippen LogP contribution in [-0.4, -0.2) is 24.9 Å². The molecule has 0 heterocycles. The molecule has 0 aliphatic carbocycles. The molecule has 1 aromatic rings. The van der Waals surface area contributed by atoms with Crippen LogP contribution >= 0.6 is 0 Å². The molecule has 0 aliphatic rings. The highest BCUT2D eigenvalue weighted by molar-refractivity contribution is 5.29. The lowest BCUT2D eigenvalue weighted by Gasteiger charge is -2.25. The van der Waals surface area contributed by atoms with E-state index in [1.807, 2.05) is 38.1 Å². The fourth-order valence-corrected chi connectivity index (χ4v) is 1.60. The molecule has 0 aromatic heterocycles. The van der Waals surface area contributed by atoms with E-state index in [9.17, 15) is 5.11 Å². The van der Waals surface area contributed by atoms with Gasteiger partial charge in [-0.15, -0.1) is 0 Å². The number of ether oxygens (including phenoxy) is 1. The highest BCUT2D eigenvalue weighted by Crippen LogP contribution is 2.23. The second-order valence-electron chi connectivity index (χ2n) is 4.43. The maximum absolute atomic E-state index is 9.31. The molecule has 0 fully saturated rings. The number of nitrogens with two attached hydrogens (primary N) is 1. The van der Waals surface area contributed by atoms with Crippen LogP contribution in [0.1, 0.15) is 19.4 Å². The topological polar surface area (TPSA) is 55.5 Å². The first-order chi connectivity index (χ1) is 7.63. The van der Waals surface area contributed by atoms with Crippen LogP contribution in [0.5, 0.6) is 5.75 Å². The van der Waals surface area contributed by atoms with E-state index >= 15 is 0 Å². The zero-order chi connectivity index (χ0) is 12.0. The monoisotopic (exact) mass is 223 g/mol. The summed E-state index contributed by atoms with van der Waals surface area (Å²) in [4.78, 5) is 0. The van der Waals surface area contributed by atoms with Gasteiger partial charge in [0.15, 0.2) is 0 Å². The molecule has 1 atom stereocenters. The first kappa shape index (κ1) is 13.0. The average molecular weight is 223 g/mol. The van der Waals surface area contributed by atoms with E-state index in [1.54, 1.807) is 0 Å². The molecule has 0 radical (unpaired) electrons. The molecule has 0 amide bonds. The first-order valence-electron chi connectivity index (χ1n) is 5.66. The Morgan fingerprint density at radius 2 is 2.19 bits per heavy atom. The Bertz CT molecular complexity index is 321. The van der Waals surface area contributed by atoms with Crippen LogP contribution in [0.2, 0.25) is 0 Å². The van der Waals surface area contributed by atoms with Crippen molar-refractivity contribution in [2.75, 3.05) is 19.8 Å². The zero-order valence-corrected chi connectivity index (χ0v) is 10.1. The number of benzene rings is 1. The third kappa shape index (κ3) is 3.51. The van der Waals surface area contributed by atoms with E-state index in [0.717, 1.165) is 17.7 Å². The normalized spacial score (nSPS) is 14.5. The molecular weight excluding hydrogens is 202 g/mol. The Hall–Kier alpha value is -1.06. The van der Waals surface area contributed by atoms with Crippen LogP contribution in [0.15, 0.2) is 24.3 Å². The summed E-state index contributed by atoms with van der Waals surface area (Å²) in [6.07, 6.45) is 0.765. The molecule has 0 spiro atoms. The summed E-state index contributed by atoms with van der Waals surface area (Å²) in [5.74, 6) is 0.873. The number of aliphatic hydroxyl groups is 1. The second kappa shape index (κ2) is 5.87. The van der Waals surface area contributed by atoms with Crippen molar-refractivity contribution in [3.05, 3.63) is 29.8 Å². The molecule has 1 unspecified atom stereocenters. The molecule has 3 nitrogen and oxygen atoms in total. The highest BCUT2D eigenvalue weighted by atomic mass is 16.5. The minimum Gasteiger partial charge on any atom is -0.494 e. The van der Waals surface area contributed by atoms with Gasteiger partial charge >= 0.3 is 0 Å². The van der Waals surface area contributed by atoms with E-state index in [4.69, 9.17) is 10.5 Å². The van der Waals surface area contributed by atoms with Gasteiger partial charge in [-0.05, 0) is 31.0 Å². The third-order valence-corrected chi connectivity index (χ3v) is 2.71. The Balaban J connectivity index is 2.76. The van der Waals surface area contributed by atoms with E-state index in [2.05, 4.69) is 0 Å². The van der Waals surface area contributed by atoms with Gasteiger partial charge in [0.2, 0.25) is 0 Å². The zero-order valence-electron chi connectivity index (χ0n) is 10.1. The Morgan fingerprint density at radius 1 is 1.44 bits per heavy atom. The van der Waals surface area contributed by atoms with Crippen LogP contribution in [0.4, 0.5) is 0 Å². The first-order valence-corrected chi connectivity index (χ1v) is 5.66. The molecule has 16 heavy (non-hydrogen) atoms. The van der Waals surface area contributed by atoms with Crippen molar-refractivity contribution in [1.29, 1.82) is 0 Å². The molecule has 0 bridgehead atoms. The maximum atomic E-state index is 9.31. The highest BCUT2D eigenvalue weighted by Gasteiger charge is 2.21. The van der Waals surface area contributed by atoms with Gasteiger partial charge in [-0.3, -0.25) is 0 Å². The van der Waals surface area contributed by atoms with Crippen molar-refractivity contribution in [2.24, 2.45) is 11.1 Å². The molecule has 90 valence electrons. The van der Waals surface area contributed by atoms with Gasteiger partial charge in [0.1, 0.15) is 5.75 Å². The fourth-order valence-electron chi connectivity index (χ4n) is 1.60. The standard InChI is InChI=1S/C13H21NO2/c1-3-16-12-6-4-5-11(7-12)8-13(2,9-14)10-15/h4-7,15H,3,8-10,14H2,1-2H3. The van der Waals surface area contributed by atoms with Gasteiger partial charge in [0, 0.05) is 18.6 Å². The molecule has 3 heteroatoms. The van der Waals surface area contributed by atoms with E-state index in [1.165, 1.54) is 0 Å². The minimum atomic E-state index is -0.245. The molecule has 3 N–H and O–H groups in total. The SMILES string of the molecule is CCOc1cccc(CC(C)(CN)CO)c1. The van der Waals surface area contributed by atoms with Crippen LogP contribution in [0.25, 0.3) is 0 Å². The van der Waals surface area contributed by atoms with E-state index in [-0.39, 0.29) is 12.0 Å². The van der Waals surface area contributed by atoms with Crippen molar-refractivity contribution in [1.82, 2.24) is 0 Å². The lowest BCUT2D eigenvalue weighted by atomic mass is 9.84. The predicted molar refractivity (Wildman–Crippen MR) is 65.6 cm³/mol. The van der Waals surface area contributed by atoms with Crippen LogP contribution in [0, 0.1) is 5.41 Å². The van der Waals surface area contributed by atoms with Crippen molar-refractivity contribution in [3.63, 3.8) is 0 Å². The van der Waals surface area contributed by atoms with E-state index < -0.39 is 0 Å². The molecule has 1 rings (SSSR count). The van der Waals surface area contributed by atoms with Crippen molar-refractivity contribution in [3.8, 4) is 5.75 Å². The van der Waals surface area contributed by atoms with Gasteiger partial charge in [-0.2, -0.15) is 0 Å². The second-order valence-corrected chi connectivity index (χ2v) is 4.43. The van der Waals surface area contributed by atoms with E-state index in [0.29, 0.717) is 13.2 Å². The lowest BCUT2D eigenvalue weighted by Crippen LogP contribution is -2.33. The summed E-state index contributed by atoms with van der Waals surface area (Å²) in [6.45, 7) is 5.19. The maximum Gasteiger partial charge on any atom is 0.119 e. The lowest BCUT2D eigenvalue weighted by molar-refractivity contribution is 0.149. The van der Waals surface area contributed by atoms with Crippen LogP contribution in [0.3, 0.4) is 0 Å². The largest absolute Gasteiger partial charge is 0.494 e. The average Bonchev–Trinajstić information content (AvgIpc) is 2.30. The molecule has 1 aromatic carbocycles. The summed E-state index contributed by atoms with van der Waals surface area (Å²) < 4.78 is 5.43. The van der Waals surface area contributed by atoms with Gasteiger partial charge in [-0.25, -0.2) is 0 Å². The fraction of sp³-hybridized carbons (Fsp3) is 0.538.